The molecular formula is C24H41N6O7P. The van der Waals surface area contributed by atoms with E-state index in [9.17, 15) is 14.2 Å². The highest BCUT2D eigenvalue weighted by Crippen LogP contribution is 2.46. The van der Waals surface area contributed by atoms with Gasteiger partial charge in [0.25, 0.3) is 7.52 Å². The van der Waals surface area contributed by atoms with Crippen LogP contribution in [-0.4, -0.2) is 68.3 Å². The third kappa shape index (κ3) is 9.30. The van der Waals surface area contributed by atoms with E-state index >= 15 is 0 Å². The second kappa shape index (κ2) is 14.0. The Labute approximate surface area is 223 Å². The lowest BCUT2D eigenvalue weighted by Gasteiger charge is -2.32. The Kier molecular flexibility index (Phi) is 11.6. The zero-order valence-corrected chi connectivity index (χ0v) is 24.2. The van der Waals surface area contributed by atoms with Gasteiger partial charge in [-0.2, -0.15) is 0 Å². The number of fused-ring (bicyclic) bond motifs is 1. The number of nitrogens with one attached hydrogen (secondary N) is 1. The van der Waals surface area contributed by atoms with Crippen LogP contribution in [0.3, 0.4) is 0 Å². The lowest BCUT2D eigenvalue weighted by molar-refractivity contribution is -0.153. The molecule has 0 unspecified atom stereocenters. The van der Waals surface area contributed by atoms with Crippen LogP contribution in [0.4, 0.5) is 5.82 Å². The van der Waals surface area contributed by atoms with Crippen molar-refractivity contribution in [3.05, 3.63) is 12.7 Å². The van der Waals surface area contributed by atoms with Gasteiger partial charge < -0.3 is 29.0 Å². The van der Waals surface area contributed by atoms with Crippen LogP contribution in [0.1, 0.15) is 67.7 Å². The van der Waals surface area contributed by atoms with Crippen molar-refractivity contribution >= 4 is 36.4 Å². The molecule has 0 radical (unpaired) electrons. The summed E-state index contributed by atoms with van der Waals surface area (Å²) in [5.41, 5.74) is 5.45. The molecule has 0 aliphatic rings. The average molecular weight is 557 g/mol. The molecule has 38 heavy (non-hydrogen) atoms. The topological polar surface area (TPSA) is 170 Å². The summed E-state index contributed by atoms with van der Waals surface area (Å²) < 4.78 is 37.8. The van der Waals surface area contributed by atoms with Gasteiger partial charge in [-0.3, -0.25) is 9.36 Å². The molecule has 2 aromatic rings. The quantitative estimate of drug-likeness (QED) is 0.176. The predicted octanol–water partition coefficient (Wildman–Crippen LogP) is 3.42. The van der Waals surface area contributed by atoms with Gasteiger partial charge >= 0.3 is 11.9 Å². The van der Waals surface area contributed by atoms with E-state index in [1.807, 2.05) is 6.92 Å². The van der Waals surface area contributed by atoms with Crippen molar-refractivity contribution in [3.8, 4) is 0 Å². The first-order chi connectivity index (χ1) is 17.8. The largest absolute Gasteiger partial charge is 0.464 e. The highest BCUT2D eigenvalue weighted by atomic mass is 31.2. The van der Waals surface area contributed by atoms with E-state index < -0.39 is 43.6 Å². The molecule has 0 aromatic carbocycles. The Morgan fingerprint density at radius 1 is 1.16 bits per heavy atom. The zero-order chi connectivity index (χ0) is 28.5. The van der Waals surface area contributed by atoms with Gasteiger partial charge in [0.15, 0.2) is 17.6 Å². The number of nitrogens with two attached hydrogens (primary N) is 1. The molecular weight excluding hydrogens is 515 g/mol. The third-order valence-corrected chi connectivity index (χ3v) is 7.41. The van der Waals surface area contributed by atoms with Gasteiger partial charge in [0.05, 0.1) is 31.7 Å². The van der Waals surface area contributed by atoms with E-state index in [4.69, 9.17) is 24.5 Å². The fourth-order valence-corrected chi connectivity index (χ4v) is 5.62. The van der Waals surface area contributed by atoms with E-state index in [0.717, 1.165) is 19.3 Å². The molecule has 0 bridgehead atoms. The summed E-state index contributed by atoms with van der Waals surface area (Å²) in [4.78, 5) is 37.5. The predicted molar refractivity (Wildman–Crippen MR) is 142 cm³/mol. The van der Waals surface area contributed by atoms with E-state index in [0.29, 0.717) is 17.7 Å². The number of rotatable bonds is 16. The highest BCUT2D eigenvalue weighted by molar-refractivity contribution is 7.56. The summed E-state index contributed by atoms with van der Waals surface area (Å²) in [5.74, 6) is -1.02. The number of unbranched alkanes of at least 4 members (excludes halogenated alkanes) is 2. The number of ether oxygens (including phenoxy) is 3. The Hall–Kier alpha value is -2.60. The van der Waals surface area contributed by atoms with Crippen molar-refractivity contribution in [2.24, 2.45) is 0 Å². The van der Waals surface area contributed by atoms with E-state index in [1.54, 1.807) is 31.7 Å². The summed E-state index contributed by atoms with van der Waals surface area (Å²) in [6.07, 6.45) is 3.08. The lowest BCUT2D eigenvalue weighted by atomic mass is 10.1. The molecule has 0 aliphatic heterocycles. The van der Waals surface area contributed by atoms with Crippen LogP contribution in [0, 0.1) is 0 Å². The number of aromatic nitrogens is 4. The fraction of sp³-hybridized carbons (Fsp3) is 0.708. The third-order valence-electron chi connectivity index (χ3n) is 5.37. The van der Waals surface area contributed by atoms with Crippen LogP contribution in [-0.2, 0) is 39.4 Å². The van der Waals surface area contributed by atoms with Crippen LogP contribution in [0.25, 0.3) is 11.2 Å². The van der Waals surface area contributed by atoms with Crippen molar-refractivity contribution in [1.82, 2.24) is 24.6 Å². The molecule has 3 N–H and O–H groups in total. The van der Waals surface area contributed by atoms with Gasteiger partial charge in [-0.15, -0.1) is 0 Å². The minimum absolute atomic E-state index is 0.241. The van der Waals surface area contributed by atoms with Crippen LogP contribution in [0.2, 0.25) is 0 Å². The number of nitrogen functional groups attached to an aromatic ring is 1. The number of imidazole rings is 1. The zero-order valence-electron chi connectivity index (χ0n) is 23.3. The number of carbonyl (C=O) groups excluding carboxylic acids is 2. The SMILES string of the molecule is CCCCCOC(=O)[C@H](C)O[P@@](=O)(CO[C@H](C)Cn1cnc2c(N)ncnc21)NC(C)(C)C(=O)OC(C)C. The number of nitrogens with zero attached hydrogens (tertiary/aromatic N) is 4. The average Bonchev–Trinajstić information content (AvgIpc) is 3.23. The van der Waals surface area contributed by atoms with Crippen LogP contribution in [0.5, 0.6) is 0 Å². The molecule has 0 aliphatic carbocycles. The molecule has 14 heteroatoms. The minimum atomic E-state index is -3.94. The highest BCUT2D eigenvalue weighted by Gasteiger charge is 2.41. The summed E-state index contributed by atoms with van der Waals surface area (Å²) in [6, 6.07) is 0. The smallest absolute Gasteiger partial charge is 0.335 e. The maximum Gasteiger partial charge on any atom is 0.335 e. The van der Waals surface area contributed by atoms with Gasteiger partial charge in [0.2, 0.25) is 0 Å². The van der Waals surface area contributed by atoms with Crippen molar-refractivity contribution in [2.45, 2.75) is 98.1 Å². The molecule has 2 aromatic heterocycles. The van der Waals surface area contributed by atoms with E-state index in [1.165, 1.54) is 27.1 Å². The number of hydrogen-bond donors (Lipinski definition) is 2. The molecule has 214 valence electrons. The molecule has 0 amide bonds. The number of esters is 2. The van der Waals surface area contributed by atoms with Crippen molar-refractivity contribution in [1.29, 1.82) is 0 Å². The van der Waals surface area contributed by atoms with Gasteiger partial charge in [-0.25, -0.2) is 24.8 Å². The Morgan fingerprint density at radius 2 is 1.87 bits per heavy atom. The Morgan fingerprint density at radius 3 is 2.53 bits per heavy atom. The fourth-order valence-electron chi connectivity index (χ4n) is 3.45. The molecule has 2 rings (SSSR count). The second-order valence-corrected chi connectivity index (χ2v) is 12.0. The monoisotopic (exact) mass is 556 g/mol. The number of hydrogen-bond acceptors (Lipinski definition) is 11. The van der Waals surface area contributed by atoms with Gasteiger partial charge in [-0.05, 0) is 48.0 Å². The summed E-state index contributed by atoms with van der Waals surface area (Å²) in [5, 5.41) is 2.76. The molecule has 3 atom stereocenters. The maximum atomic E-state index is 13.9. The maximum absolute atomic E-state index is 13.9. The van der Waals surface area contributed by atoms with Gasteiger partial charge in [0, 0.05) is 0 Å². The van der Waals surface area contributed by atoms with E-state index in [-0.39, 0.29) is 18.5 Å². The van der Waals surface area contributed by atoms with E-state index in [2.05, 4.69) is 20.0 Å². The van der Waals surface area contributed by atoms with Crippen molar-refractivity contribution in [3.63, 3.8) is 0 Å². The molecule has 13 nitrogen and oxygen atoms in total. The summed E-state index contributed by atoms with van der Waals surface area (Å²) in [6.45, 7) is 12.3. The van der Waals surface area contributed by atoms with Crippen LogP contribution >= 0.6 is 7.52 Å². The standard InChI is InChI=1S/C24H41N6O7P/c1-8-9-10-11-34-22(31)18(5)37-38(33,29-24(6,7)23(32)36-16(2)3)15-35-17(4)12-30-14-28-19-20(25)26-13-27-21(19)30/h13-14,16-18H,8-12,15H2,1-7H3,(H,29,33)(H2,25,26,27)/t17-,18+,38+/m1/s1. The molecule has 0 saturated carbocycles. The number of carbonyl (C=O) groups is 2. The van der Waals surface area contributed by atoms with Crippen molar-refractivity contribution in [2.75, 3.05) is 18.7 Å². The Bertz CT molecular complexity index is 1120. The minimum Gasteiger partial charge on any atom is -0.464 e. The first-order valence-corrected chi connectivity index (χ1v) is 14.6. The van der Waals surface area contributed by atoms with Crippen molar-refractivity contribution < 1.29 is 32.9 Å². The summed E-state index contributed by atoms with van der Waals surface area (Å²) in [7, 11) is -3.94. The first-order valence-electron chi connectivity index (χ1n) is 12.8. The molecule has 2 heterocycles. The Balaban J connectivity index is 2.14. The van der Waals surface area contributed by atoms with Gasteiger partial charge in [-0.1, -0.05) is 19.8 Å². The molecule has 0 spiro atoms. The molecule has 0 fully saturated rings. The lowest BCUT2D eigenvalue weighted by Crippen LogP contribution is -2.48. The normalized spacial score (nSPS) is 15.3. The molecule has 0 saturated heterocycles. The van der Waals surface area contributed by atoms with Crippen LogP contribution in [0.15, 0.2) is 12.7 Å². The second-order valence-electron chi connectivity index (χ2n) is 9.92. The van der Waals surface area contributed by atoms with Gasteiger partial charge in [0.1, 0.15) is 23.7 Å². The summed E-state index contributed by atoms with van der Waals surface area (Å²) >= 11 is 0. The van der Waals surface area contributed by atoms with Crippen LogP contribution < -0.4 is 10.8 Å². The first kappa shape index (κ1) is 31.6. The number of anilines is 1.